The first-order valence-electron chi connectivity index (χ1n) is 8.92. The molecule has 0 aliphatic rings. The van der Waals surface area contributed by atoms with Crippen LogP contribution in [-0.2, 0) is 11.2 Å². The first-order chi connectivity index (χ1) is 14.0. The molecule has 0 saturated heterocycles. The molecule has 1 aromatic carbocycles. The van der Waals surface area contributed by atoms with Crippen LogP contribution in [0.1, 0.15) is 34.6 Å². The maximum absolute atomic E-state index is 13.6. The topological polar surface area (TPSA) is 88.9 Å². The summed E-state index contributed by atoms with van der Waals surface area (Å²) in [4.78, 5) is 29.4. The lowest BCUT2D eigenvalue weighted by Crippen LogP contribution is -2.39. The Balaban J connectivity index is 1.93. The molecule has 150 valence electrons. The van der Waals surface area contributed by atoms with E-state index in [-0.39, 0.29) is 11.1 Å². The van der Waals surface area contributed by atoms with Gasteiger partial charge in [-0.2, -0.15) is 5.10 Å². The second kappa shape index (κ2) is 8.59. The van der Waals surface area contributed by atoms with E-state index in [9.17, 15) is 18.4 Å². The molecule has 7 nitrogen and oxygen atoms in total. The normalized spacial score (nSPS) is 11.7. The molecule has 0 bridgehead atoms. The Kier molecular flexibility index (Phi) is 5.96. The van der Waals surface area contributed by atoms with Crippen molar-refractivity contribution in [3.05, 3.63) is 77.2 Å². The highest BCUT2D eigenvalue weighted by molar-refractivity contribution is 5.98. The van der Waals surface area contributed by atoms with E-state index < -0.39 is 29.5 Å². The summed E-state index contributed by atoms with van der Waals surface area (Å²) in [6.07, 6.45) is 3.48. The summed E-state index contributed by atoms with van der Waals surface area (Å²) < 4.78 is 28.4. The van der Waals surface area contributed by atoms with Crippen molar-refractivity contribution in [2.45, 2.75) is 19.4 Å². The van der Waals surface area contributed by atoms with Gasteiger partial charge in [0.2, 0.25) is 5.91 Å². The summed E-state index contributed by atoms with van der Waals surface area (Å²) >= 11 is 0. The quantitative estimate of drug-likeness (QED) is 0.666. The van der Waals surface area contributed by atoms with Gasteiger partial charge >= 0.3 is 0 Å². The zero-order valence-corrected chi connectivity index (χ0v) is 15.8. The van der Waals surface area contributed by atoms with Crippen molar-refractivity contribution in [1.29, 1.82) is 0 Å². The van der Waals surface area contributed by atoms with Gasteiger partial charge in [0, 0.05) is 13.2 Å². The largest absolute Gasteiger partial charge is 0.357 e. The van der Waals surface area contributed by atoms with E-state index in [1.165, 1.54) is 19.3 Å². The third-order valence-electron chi connectivity index (χ3n) is 4.38. The standard InChI is InChI=1S/C20H19F2N5O2/c1-3-16-13(11-25-27(16)17-6-4-5-9-24-17)19(28)26-18(20(29)23-2)12-7-8-14(21)15(22)10-12/h4-11,18H,3H2,1-2H3,(H,23,29)(H,26,28). The number of rotatable bonds is 6. The number of halogens is 2. The highest BCUT2D eigenvalue weighted by Crippen LogP contribution is 2.19. The molecule has 0 radical (unpaired) electrons. The Morgan fingerprint density at radius 2 is 1.97 bits per heavy atom. The van der Waals surface area contributed by atoms with Gasteiger partial charge < -0.3 is 10.6 Å². The first kappa shape index (κ1) is 20.1. The van der Waals surface area contributed by atoms with Crippen molar-refractivity contribution >= 4 is 11.8 Å². The fourth-order valence-corrected chi connectivity index (χ4v) is 2.93. The fourth-order valence-electron chi connectivity index (χ4n) is 2.93. The SMILES string of the molecule is CCc1c(C(=O)NC(C(=O)NC)c2ccc(F)c(F)c2)cnn1-c1ccccn1. The predicted octanol–water partition coefficient (Wildman–Crippen LogP) is 2.33. The van der Waals surface area contributed by atoms with Crippen molar-refractivity contribution in [1.82, 2.24) is 25.4 Å². The molecule has 2 amide bonds. The summed E-state index contributed by atoms with van der Waals surface area (Å²) in [5, 5.41) is 9.22. The number of hydrogen-bond acceptors (Lipinski definition) is 4. The van der Waals surface area contributed by atoms with E-state index in [1.54, 1.807) is 29.1 Å². The van der Waals surface area contributed by atoms with Crippen molar-refractivity contribution in [3.63, 3.8) is 0 Å². The van der Waals surface area contributed by atoms with Crippen LogP contribution >= 0.6 is 0 Å². The molecule has 0 aliphatic carbocycles. The molecule has 3 rings (SSSR count). The molecule has 29 heavy (non-hydrogen) atoms. The molecule has 2 heterocycles. The Labute approximate surface area is 165 Å². The molecule has 1 atom stereocenters. The van der Waals surface area contributed by atoms with Gasteiger partial charge in [-0.25, -0.2) is 18.4 Å². The zero-order chi connectivity index (χ0) is 21.0. The highest BCUT2D eigenvalue weighted by Gasteiger charge is 2.26. The first-order valence-corrected chi connectivity index (χ1v) is 8.92. The van der Waals surface area contributed by atoms with Gasteiger partial charge in [0.25, 0.3) is 5.91 Å². The summed E-state index contributed by atoms with van der Waals surface area (Å²) in [5.74, 6) is -2.74. The number of likely N-dealkylation sites (N-methyl/N-ethyl adjacent to an activating group) is 1. The minimum atomic E-state index is -1.20. The number of nitrogens with one attached hydrogen (secondary N) is 2. The molecule has 0 spiro atoms. The van der Waals surface area contributed by atoms with Gasteiger partial charge in [0.1, 0.15) is 6.04 Å². The number of amides is 2. The molecule has 2 N–H and O–H groups in total. The maximum atomic E-state index is 13.6. The van der Waals surface area contributed by atoms with Crippen LogP contribution in [0.3, 0.4) is 0 Å². The zero-order valence-electron chi connectivity index (χ0n) is 15.8. The molecule has 3 aromatic rings. The number of nitrogens with zero attached hydrogens (tertiary/aromatic N) is 3. The van der Waals surface area contributed by atoms with Crippen LogP contribution in [0, 0.1) is 11.6 Å². The Morgan fingerprint density at radius 3 is 2.59 bits per heavy atom. The molecule has 0 fully saturated rings. The van der Waals surface area contributed by atoms with E-state index in [0.717, 1.165) is 12.1 Å². The number of aromatic nitrogens is 3. The summed E-state index contributed by atoms with van der Waals surface area (Å²) in [6, 6.07) is 7.15. The van der Waals surface area contributed by atoms with Gasteiger partial charge in [0.05, 0.1) is 17.5 Å². The van der Waals surface area contributed by atoms with Crippen LogP contribution in [0.25, 0.3) is 5.82 Å². The van der Waals surface area contributed by atoms with Crippen LogP contribution in [-0.4, -0.2) is 33.6 Å². The molecule has 0 saturated carbocycles. The van der Waals surface area contributed by atoms with E-state index >= 15 is 0 Å². The van der Waals surface area contributed by atoms with Gasteiger partial charge in [-0.05, 0) is 36.2 Å². The van der Waals surface area contributed by atoms with Gasteiger partial charge in [-0.15, -0.1) is 0 Å². The van der Waals surface area contributed by atoms with Crippen LogP contribution in [0.4, 0.5) is 8.78 Å². The summed E-state index contributed by atoms with van der Waals surface area (Å²) in [5.41, 5.74) is 0.976. The average Bonchev–Trinajstić information content (AvgIpc) is 3.18. The molecule has 1 unspecified atom stereocenters. The second-order valence-corrected chi connectivity index (χ2v) is 6.15. The van der Waals surface area contributed by atoms with E-state index in [1.807, 2.05) is 6.92 Å². The van der Waals surface area contributed by atoms with Crippen molar-refractivity contribution in [2.75, 3.05) is 7.05 Å². The Morgan fingerprint density at radius 1 is 1.17 bits per heavy atom. The fraction of sp³-hybridized carbons (Fsp3) is 0.200. The van der Waals surface area contributed by atoms with Crippen molar-refractivity contribution < 1.29 is 18.4 Å². The van der Waals surface area contributed by atoms with Crippen molar-refractivity contribution in [3.8, 4) is 5.82 Å². The molecule has 9 heteroatoms. The number of pyridine rings is 1. The van der Waals surface area contributed by atoms with Gasteiger partial charge in [-0.3, -0.25) is 9.59 Å². The minimum absolute atomic E-state index is 0.117. The summed E-state index contributed by atoms with van der Waals surface area (Å²) in [6.45, 7) is 1.86. The van der Waals surface area contributed by atoms with Crippen LogP contribution in [0.2, 0.25) is 0 Å². The lowest BCUT2D eigenvalue weighted by atomic mass is 10.0. The lowest BCUT2D eigenvalue weighted by Gasteiger charge is -2.18. The van der Waals surface area contributed by atoms with Crippen molar-refractivity contribution in [2.24, 2.45) is 0 Å². The monoisotopic (exact) mass is 399 g/mol. The van der Waals surface area contributed by atoms with Gasteiger partial charge in [0.15, 0.2) is 17.5 Å². The third kappa shape index (κ3) is 4.13. The molecule has 0 aliphatic heterocycles. The Hall–Kier alpha value is -3.62. The third-order valence-corrected chi connectivity index (χ3v) is 4.38. The van der Waals surface area contributed by atoms with Crippen LogP contribution in [0.5, 0.6) is 0 Å². The van der Waals surface area contributed by atoms with E-state index in [0.29, 0.717) is 17.9 Å². The smallest absolute Gasteiger partial charge is 0.255 e. The predicted molar refractivity (Wildman–Crippen MR) is 101 cm³/mol. The van der Waals surface area contributed by atoms with Crippen LogP contribution < -0.4 is 10.6 Å². The molecular formula is C20H19F2N5O2. The number of carbonyl (C=O) groups is 2. The number of benzene rings is 1. The second-order valence-electron chi connectivity index (χ2n) is 6.15. The van der Waals surface area contributed by atoms with Gasteiger partial charge in [-0.1, -0.05) is 19.1 Å². The van der Waals surface area contributed by atoms with E-state index in [4.69, 9.17) is 0 Å². The number of hydrogen-bond donors (Lipinski definition) is 2. The highest BCUT2D eigenvalue weighted by atomic mass is 19.2. The number of carbonyl (C=O) groups excluding carboxylic acids is 2. The average molecular weight is 399 g/mol. The summed E-state index contributed by atoms with van der Waals surface area (Å²) in [7, 11) is 1.39. The lowest BCUT2D eigenvalue weighted by molar-refractivity contribution is -0.122. The Bertz CT molecular complexity index is 1040. The molecular weight excluding hydrogens is 380 g/mol. The molecule has 2 aromatic heterocycles. The van der Waals surface area contributed by atoms with Crippen LogP contribution in [0.15, 0.2) is 48.8 Å². The van der Waals surface area contributed by atoms with E-state index in [2.05, 4.69) is 20.7 Å². The minimum Gasteiger partial charge on any atom is -0.357 e. The maximum Gasteiger partial charge on any atom is 0.255 e.